The molecule has 1 amide bonds. The molecule has 4 rings (SSSR count). The summed E-state index contributed by atoms with van der Waals surface area (Å²) in [4.78, 5) is 25.9. The van der Waals surface area contributed by atoms with E-state index < -0.39 is 24.3 Å². The van der Waals surface area contributed by atoms with Crippen molar-refractivity contribution in [3.8, 4) is 0 Å². The van der Waals surface area contributed by atoms with Crippen LogP contribution in [0.1, 0.15) is 62.7 Å². The molecule has 0 radical (unpaired) electrons. The zero-order valence-corrected chi connectivity index (χ0v) is 23.2. The Morgan fingerprint density at radius 1 is 1.10 bits per heavy atom. The summed E-state index contributed by atoms with van der Waals surface area (Å²) in [6.07, 6.45) is 0.498. The topological polar surface area (TPSA) is 107 Å². The summed E-state index contributed by atoms with van der Waals surface area (Å²) in [5.41, 5.74) is 3.31. The molecule has 6 unspecified atom stereocenters. The Kier molecular flexibility index (Phi) is 10.1. The molecule has 0 aromatic heterocycles. The van der Waals surface area contributed by atoms with E-state index in [9.17, 15) is 14.7 Å². The van der Waals surface area contributed by atoms with Crippen molar-refractivity contribution < 1.29 is 33.6 Å². The van der Waals surface area contributed by atoms with E-state index in [-0.39, 0.29) is 24.7 Å². The number of carbonyl (C=O) groups is 2. The number of methoxy groups -OCH3 is 1. The van der Waals surface area contributed by atoms with E-state index in [1.165, 1.54) is 13.8 Å². The lowest BCUT2D eigenvalue weighted by Crippen LogP contribution is -2.46. The second-order valence-electron chi connectivity index (χ2n) is 10.4. The highest BCUT2D eigenvalue weighted by Gasteiger charge is 2.40. The molecule has 2 aromatic rings. The van der Waals surface area contributed by atoms with Crippen LogP contribution in [0.5, 0.6) is 0 Å². The Bertz CT molecular complexity index is 1090. The van der Waals surface area contributed by atoms with Gasteiger partial charge >= 0.3 is 5.97 Å². The molecule has 39 heavy (non-hydrogen) atoms. The lowest BCUT2D eigenvalue weighted by atomic mass is 9.90. The fraction of sp³-hybridized carbons (Fsp3) is 0.533. The predicted octanol–water partition coefficient (Wildman–Crippen LogP) is 3.97. The molecule has 2 aliphatic rings. The van der Waals surface area contributed by atoms with Crippen molar-refractivity contribution in [3.05, 3.63) is 65.2 Å². The normalized spacial score (nSPS) is 26.2. The molecule has 0 bridgehead atoms. The van der Waals surface area contributed by atoms with Crippen molar-refractivity contribution in [2.75, 3.05) is 32.1 Å². The zero-order valence-electron chi connectivity index (χ0n) is 23.2. The number of esters is 1. The van der Waals surface area contributed by atoms with Crippen LogP contribution in [0.4, 0.5) is 5.69 Å². The smallest absolute Gasteiger partial charge is 0.303 e. The van der Waals surface area contributed by atoms with Crippen LogP contribution in [0, 0.1) is 5.92 Å². The Morgan fingerprint density at radius 3 is 2.44 bits per heavy atom. The van der Waals surface area contributed by atoms with E-state index in [2.05, 4.69) is 17.1 Å². The van der Waals surface area contributed by atoms with Gasteiger partial charge in [0, 0.05) is 43.8 Å². The summed E-state index contributed by atoms with van der Waals surface area (Å²) in [5, 5.41) is 12.2. The first-order valence-corrected chi connectivity index (χ1v) is 13.6. The molecule has 2 aliphatic heterocycles. The van der Waals surface area contributed by atoms with Gasteiger partial charge in [0.15, 0.2) is 12.4 Å². The van der Waals surface area contributed by atoms with Crippen molar-refractivity contribution in [1.29, 1.82) is 0 Å². The van der Waals surface area contributed by atoms with E-state index in [4.69, 9.17) is 18.9 Å². The number of ether oxygens (including phenoxy) is 4. The average molecular weight is 541 g/mol. The molecule has 0 aliphatic carbocycles. The minimum atomic E-state index is -0.889. The van der Waals surface area contributed by atoms with Crippen LogP contribution < -0.4 is 5.32 Å². The van der Waals surface area contributed by atoms with E-state index in [1.807, 2.05) is 36.4 Å². The maximum absolute atomic E-state index is 12.3. The van der Waals surface area contributed by atoms with Gasteiger partial charge < -0.3 is 29.4 Å². The first-order valence-electron chi connectivity index (χ1n) is 13.6. The first-order chi connectivity index (χ1) is 18.8. The second-order valence-corrected chi connectivity index (χ2v) is 10.4. The summed E-state index contributed by atoms with van der Waals surface area (Å²) in [6, 6.07) is 15.6. The molecule has 2 saturated heterocycles. The first kappa shape index (κ1) is 29.2. The highest BCUT2D eigenvalue weighted by atomic mass is 16.7. The Hall–Kier alpha value is -2.82. The van der Waals surface area contributed by atoms with E-state index in [1.54, 1.807) is 19.2 Å². The fourth-order valence-corrected chi connectivity index (χ4v) is 5.35. The maximum Gasteiger partial charge on any atom is 0.303 e. The van der Waals surface area contributed by atoms with E-state index in [0.717, 1.165) is 42.6 Å². The second kappa shape index (κ2) is 13.5. The van der Waals surface area contributed by atoms with Crippen LogP contribution >= 0.6 is 0 Å². The summed E-state index contributed by atoms with van der Waals surface area (Å²) < 4.78 is 23.5. The van der Waals surface area contributed by atoms with E-state index >= 15 is 0 Å². The number of nitrogens with zero attached hydrogens (tertiary/aromatic N) is 1. The standard InChI is InChI=1S/C30H40N2O7/c1-19-27(16-32-15-5-6-26(32)18-36-4)38-30(39-28(19)23-9-7-22(17-33)8-10-23)24-11-13-25(14-12-24)31-29(35)20(2)37-21(3)34/h7-14,19-20,26-28,30,33H,5-6,15-18H2,1-4H3,(H,31,35). The number of rotatable bonds is 10. The van der Waals surface area contributed by atoms with Gasteiger partial charge in [-0.3, -0.25) is 14.5 Å². The van der Waals surface area contributed by atoms with Crippen LogP contribution in [0.3, 0.4) is 0 Å². The number of nitrogens with one attached hydrogen (secondary N) is 1. The molecule has 0 saturated carbocycles. The maximum atomic E-state index is 12.3. The third kappa shape index (κ3) is 7.43. The highest BCUT2D eigenvalue weighted by Crippen LogP contribution is 2.42. The van der Waals surface area contributed by atoms with Gasteiger partial charge in [0.1, 0.15) is 0 Å². The van der Waals surface area contributed by atoms with Crippen molar-refractivity contribution >= 4 is 17.6 Å². The number of likely N-dealkylation sites (tertiary alicyclic amines) is 1. The number of amides is 1. The molecule has 212 valence electrons. The quantitative estimate of drug-likeness (QED) is 0.436. The third-order valence-electron chi connectivity index (χ3n) is 7.56. The van der Waals surface area contributed by atoms with Gasteiger partial charge in [0.2, 0.25) is 0 Å². The molecule has 9 nitrogen and oxygen atoms in total. The molecular formula is C30H40N2O7. The Balaban J connectivity index is 1.52. The monoisotopic (exact) mass is 540 g/mol. The summed E-state index contributed by atoms with van der Waals surface area (Å²) in [5.74, 6) is -0.822. The number of hydrogen-bond acceptors (Lipinski definition) is 8. The fourth-order valence-electron chi connectivity index (χ4n) is 5.35. The van der Waals surface area contributed by atoms with Crippen molar-refractivity contribution in [2.24, 2.45) is 5.92 Å². The minimum Gasteiger partial charge on any atom is -0.453 e. The minimum absolute atomic E-state index is 0.00584. The van der Waals surface area contributed by atoms with Gasteiger partial charge in [-0.15, -0.1) is 0 Å². The predicted molar refractivity (Wildman–Crippen MR) is 146 cm³/mol. The lowest BCUT2D eigenvalue weighted by molar-refractivity contribution is -0.276. The highest BCUT2D eigenvalue weighted by molar-refractivity contribution is 5.94. The van der Waals surface area contributed by atoms with Crippen LogP contribution in [-0.4, -0.2) is 66.9 Å². The molecule has 6 atom stereocenters. The van der Waals surface area contributed by atoms with E-state index in [0.29, 0.717) is 18.3 Å². The Morgan fingerprint density at radius 2 is 1.79 bits per heavy atom. The zero-order chi connectivity index (χ0) is 27.9. The third-order valence-corrected chi connectivity index (χ3v) is 7.56. The molecule has 2 heterocycles. The van der Waals surface area contributed by atoms with Gasteiger partial charge in [-0.1, -0.05) is 43.3 Å². The van der Waals surface area contributed by atoms with Crippen LogP contribution in [-0.2, 0) is 35.1 Å². The molecule has 9 heteroatoms. The largest absolute Gasteiger partial charge is 0.453 e. The van der Waals surface area contributed by atoms with Gasteiger partial charge in [-0.05, 0) is 49.6 Å². The van der Waals surface area contributed by atoms with Crippen LogP contribution in [0.25, 0.3) is 0 Å². The van der Waals surface area contributed by atoms with Crippen LogP contribution in [0.2, 0.25) is 0 Å². The van der Waals surface area contributed by atoms with Gasteiger partial charge in [-0.25, -0.2) is 0 Å². The Labute approximate surface area is 230 Å². The van der Waals surface area contributed by atoms with Crippen molar-refractivity contribution in [3.63, 3.8) is 0 Å². The van der Waals surface area contributed by atoms with Gasteiger partial charge in [-0.2, -0.15) is 0 Å². The van der Waals surface area contributed by atoms with Gasteiger partial charge in [0.05, 0.1) is 25.4 Å². The number of anilines is 1. The van der Waals surface area contributed by atoms with Crippen molar-refractivity contribution in [2.45, 2.75) is 70.9 Å². The summed E-state index contributed by atoms with van der Waals surface area (Å²) in [7, 11) is 1.75. The molecular weight excluding hydrogens is 500 g/mol. The number of aliphatic hydroxyl groups is 1. The van der Waals surface area contributed by atoms with Gasteiger partial charge in [0.25, 0.3) is 5.91 Å². The number of hydrogen-bond donors (Lipinski definition) is 2. The van der Waals surface area contributed by atoms with Crippen molar-refractivity contribution in [1.82, 2.24) is 4.90 Å². The molecule has 2 aromatic carbocycles. The average Bonchev–Trinajstić information content (AvgIpc) is 3.36. The number of benzene rings is 2. The molecule has 0 spiro atoms. The SMILES string of the molecule is COCC1CCCN1CC1OC(c2ccc(NC(=O)C(C)OC(C)=O)cc2)OC(c2ccc(CO)cc2)C1C. The number of carbonyl (C=O) groups excluding carboxylic acids is 2. The number of aliphatic hydroxyl groups excluding tert-OH is 1. The lowest BCUT2D eigenvalue weighted by Gasteiger charge is -2.43. The van der Waals surface area contributed by atoms with Crippen LogP contribution in [0.15, 0.2) is 48.5 Å². The molecule has 2 fully saturated rings. The summed E-state index contributed by atoms with van der Waals surface area (Å²) in [6.45, 7) is 7.46. The molecule has 2 N–H and O–H groups in total. The summed E-state index contributed by atoms with van der Waals surface area (Å²) >= 11 is 0.